The fourth-order valence-electron chi connectivity index (χ4n) is 11.5. The number of nitrogen functional groups attached to an aromatic ring is 1. The van der Waals surface area contributed by atoms with Gasteiger partial charge in [0.25, 0.3) is 33.6 Å². The molecule has 0 bridgehead atoms. The maximum absolute atomic E-state index is 12.9. The van der Waals surface area contributed by atoms with Gasteiger partial charge in [-0.25, -0.2) is 49.1 Å². The number of thiazole rings is 4. The predicted octanol–water partition coefficient (Wildman–Crippen LogP) is 7.22. The number of alkyl halides is 1. The van der Waals surface area contributed by atoms with E-state index in [4.69, 9.17) is 21.8 Å². The molecule has 16 aromatic rings. The summed E-state index contributed by atoms with van der Waals surface area (Å²) in [4.78, 5) is 99.4. The molecular formula is C67H62BrKN22O10S4. The minimum atomic E-state index is -0.634. The van der Waals surface area contributed by atoms with Crippen molar-refractivity contribution in [3.8, 4) is 6.26 Å². The molecule has 0 radical (unpaired) electrons. The maximum atomic E-state index is 12.9. The number of nitro groups is 2. The largest absolute Gasteiger partial charge is 1.00 e. The van der Waals surface area contributed by atoms with E-state index >= 15 is 0 Å². The summed E-state index contributed by atoms with van der Waals surface area (Å²) in [6.45, 7) is 8.63. The first-order valence-corrected chi connectivity index (χ1v) is 34.9. The Morgan fingerprint density at radius 1 is 0.552 bits per heavy atom. The number of rotatable bonds is 10. The quantitative estimate of drug-likeness (QED) is 0.0262. The first kappa shape index (κ1) is 78.5. The molecule has 0 aliphatic heterocycles. The number of nitrogens with zero attached hydrogens (tertiary/aromatic N) is 18. The normalized spacial score (nSPS) is 10.8. The van der Waals surface area contributed by atoms with Gasteiger partial charge in [0.2, 0.25) is 0 Å². The maximum Gasteiger partial charge on any atom is 1.00 e. The number of nitrogens with two attached hydrogens (primary N) is 2. The van der Waals surface area contributed by atoms with Gasteiger partial charge in [0.1, 0.15) is 22.1 Å². The smallest absolute Gasteiger partial charge is 0.812 e. The van der Waals surface area contributed by atoms with Crippen LogP contribution >= 0.6 is 61.3 Å². The summed E-state index contributed by atoms with van der Waals surface area (Å²) < 4.78 is 15.4. The molecule has 38 heteroatoms. The van der Waals surface area contributed by atoms with E-state index in [-0.39, 0.29) is 106 Å². The summed E-state index contributed by atoms with van der Waals surface area (Å²) in [5.74, 6) is 0. The van der Waals surface area contributed by atoms with Crippen LogP contribution in [0.1, 0.15) is 49.7 Å². The zero-order valence-electron chi connectivity index (χ0n) is 56.7. The van der Waals surface area contributed by atoms with Gasteiger partial charge in [-0.3, -0.25) is 39.4 Å². The number of halogens is 1. The van der Waals surface area contributed by atoms with E-state index in [2.05, 4.69) is 66.7 Å². The summed E-state index contributed by atoms with van der Waals surface area (Å²) in [6.07, 6.45) is 7.30. The number of aryl methyl sites for hydroxylation is 8. The van der Waals surface area contributed by atoms with Crippen molar-refractivity contribution in [1.82, 2.24) is 77.7 Å². The van der Waals surface area contributed by atoms with Crippen molar-refractivity contribution in [1.29, 1.82) is 5.26 Å². The number of hydrogen-bond acceptors (Lipinski definition) is 24. The van der Waals surface area contributed by atoms with Crippen molar-refractivity contribution in [2.75, 3.05) is 11.1 Å². The molecule has 12 heterocycles. The van der Waals surface area contributed by atoms with Crippen LogP contribution in [0.25, 0.3) is 85.0 Å². The van der Waals surface area contributed by atoms with E-state index in [1.54, 1.807) is 106 Å². The van der Waals surface area contributed by atoms with Crippen LogP contribution in [0, 0.1) is 59.4 Å². The zero-order valence-corrected chi connectivity index (χ0v) is 64.6. The van der Waals surface area contributed by atoms with E-state index in [0.29, 0.717) is 57.1 Å². The molecule has 0 saturated heterocycles. The molecule has 0 fully saturated rings. The number of fused-ring (bicyclic) bond motifs is 12. The topological polar surface area (TPSA) is 436 Å². The molecule has 32 nitrogen and oxygen atoms in total. The number of amides is 2. The van der Waals surface area contributed by atoms with Gasteiger partial charge in [0.15, 0.2) is 22.6 Å². The Balaban J connectivity index is 0.000000154. The second kappa shape index (κ2) is 33.4. The Morgan fingerprint density at radius 3 is 1.26 bits per heavy atom. The summed E-state index contributed by atoms with van der Waals surface area (Å²) >= 11 is 9.48. The van der Waals surface area contributed by atoms with Crippen molar-refractivity contribution in [2.24, 2.45) is 33.9 Å². The number of primary amides is 1. The molecule has 6 N–H and O–H groups in total. The molecule has 0 unspecified atom stereocenters. The molecular weight excluding hydrogens is 1520 g/mol. The molecule has 16 rings (SSSR count). The average molecular weight is 1580 g/mol. The summed E-state index contributed by atoms with van der Waals surface area (Å²) in [6, 6.07) is 26.7. The molecule has 0 aliphatic rings. The fourth-order valence-corrected chi connectivity index (χ4v) is 15.6. The van der Waals surface area contributed by atoms with Crippen LogP contribution in [0.2, 0.25) is 0 Å². The van der Waals surface area contributed by atoms with Crippen molar-refractivity contribution in [3.05, 3.63) is 226 Å². The monoisotopic (exact) mass is 1580 g/mol. The minimum absolute atomic E-state index is 0. The summed E-state index contributed by atoms with van der Waals surface area (Å²) in [7, 11) is 7.37. The fraction of sp³-hybridized carbons (Fsp3) is 0.194. The molecule has 0 aliphatic carbocycles. The minimum Gasteiger partial charge on any atom is -0.812 e. The number of benzene rings is 4. The number of non-ortho nitro benzene ring substituents is 2. The number of aromatic nitrogens is 16. The van der Waals surface area contributed by atoms with Gasteiger partial charge in [-0.15, -0.1) is 45.3 Å². The third-order valence-corrected chi connectivity index (χ3v) is 20.5. The second-order valence-corrected chi connectivity index (χ2v) is 28.2. The van der Waals surface area contributed by atoms with Crippen LogP contribution < -0.4 is 95.5 Å². The van der Waals surface area contributed by atoms with Gasteiger partial charge in [-0.1, -0.05) is 71.9 Å². The number of hydrogen-bond donors (Lipinski definition) is 4. The Kier molecular flexibility index (Phi) is 25.0. The van der Waals surface area contributed by atoms with E-state index in [1.165, 1.54) is 43.6 Å². The molecule has 12 aromatic heterocycles. The van der Waals surface area contributed by atoms with E-state index in [9.17, 15) is 44.2 Å². The Labute approximate surface area is 659 Å². The van der Waals surface area contributed by atoms with Crippen LogP contribution in [0.4, 0.5) is 27.5 Å². The third-order valence-electron chi connectivity index (χ3n) is 15.9. The van der Waals surface area contributed by atoms with Gasteiger partial charge in [-0.05, 0) is 74.2 Å². The Morgan fingerprint density at radius 2 is 0.886 bits per heavy atom. The summed E-state index contributed by atoms with van der Waals surface area (Å²) in [5, 5.41) is 65.7. The van der Waals surface area contributed by atoms with Gasteiger partial charge < -0.3 is 40.2 Å². The van der Waals surface area contributed by atoms with E-state index in [1.807, 2.05) is 106 Å². The number of carbonyl (C=O) groups is 1. The Bertz CT molecular complexity index is 6310. The van der Waals surface area contributed by atoms with Crippen LogP contribution in [-0.4, -0.2) is 93.6 Å². The molecule has 105 heavy (non-hydrogen) atoms. The standard InChI is InChI=1S/C17H16N6O2S.C16H13N5O3S.C16H15N5OS.C9H8N4OS.C7H6BrNO2.CHNO.CH4.K/c1-9-20-15-14(26-9)12-7-19-23(16(24)13(12)22(15)2)8-10-4-3-5-11(6-10)21-17(18)25;1-9-18-15-14(25-9)12-7-17-20(16(22)13(12)19(15)2)8-10-4-3-5-11(6-10)21(23)24;1-9-19-15-14(23-9)12-7-18-21(16(22)13(12)20(15)2)8-10-4-3-5-11(17)6-10;1-4-11-8-7(15-4)5-3-10-12-9(14)6(5)13(8)2;8-5-6-2-1-3-7(4-6)9(10)11;2-1-3;;/h3-7H,8H2,1-2H3,(H3,18,21,25);3-7H,8H2,1-2H3;3-7H,8,17H2,1-2H3;3H,1-2H3,(H,12,14);1-4H,5H2;3H;1H4;/q;;;;;;;+1/p-1. The second-order valence-electron chi connectivity index (χ2n) is 22.9. The molecule has 0 spiro atoms. The van der Waals surface area contributed by atoms with Gasteiger partial charge in [-0.2, -0.15) is 20.4 Å². The number of urea groups is 1. The summed E-state index contributed by atoms with van der Waals surface area (Å²) in [5.41, 5.74) is 20.6. The number of nitro benzene ring substituents is 2. The number of nitriles is 1. The molecule has 0 saturated carbocycles. The van der Waals surface area contributed by atoms with Crippen LogP contribution in [0.15, 0.2) is 141 Å². The van der Waals surface area contributed by atoms with Crippen LogP contribution in [-0.2, 0) is 53.2 Å². The molecule has 532 valence electrons. The van der Waals surface area contributed by atoms with Crippen molar-refractivity contribution < 1.29 is 71.1 Å². The first-order valence-electron chi connectivity index (χ1n) is 30.6. The number of aromatic amines is 1. The molecule has 4 aromatic carbocycles. The Hall–Kier alpha value is -10.6. The first-order chi connectivity index (χ1) is 49.3. The predicted molar refractivity (Wildman–Crippen MR) is 407 cm³/mol. The number of H-pyrrole nitrogens is 1. The molecule has 2 amide bonds. The third kappa shape index (κ3) is 16.7. The number of carbonyl (C=O) groups excluding carboxylic acids is 1. The van der Waals surface area contributed by atoms with E-state index < -0.39 is 15.9 Å². The van der Waals surface area contributed by atoms with Gasteiger partial charge in [0, 0.05) is 97.0 Å². The number of anilines is 2. The van der Waals surface area contributed by atoms with Crippen LogP contribution in [0.5, 0.6) is 0 Å². The van der Waals surface area contributed by atoms with E-state index in [0.717, 1.165) is 99.7 Å². The zero-order chi connectivity index (χ0) is 73.8. The van der Waals surface area contributed by atoms with Crippen molar-refractivity contribution >= 4 is 175 Å². The average Bonchev–Trinajstić information content (AvgIpc) is 1.63. The van der Waals surface area contributed by atoms with Crippen molar-refractivity contribution in [3.63, 3.8) is 0 Å². The van der Waals surface area contributed by atoms with Crippen molar-refractivity contribution in [2.45, 2.75) is 60.1 Å². The number of nitrogens with one attached hydrogen (secondary N) is 2. The van der Waals surface area contributed by atoms with Gasteiger partial charge in [0.05, 0.1) is 93.1 Å². The van der Waals surface area contributed by atoms with Gasteiger partial charge >= 0.3 is 57.4 Å². The molecule has 0 atom stereocenters. The SMILES string of the molecule is C.Cc1nc2c(s1)c1cn[nH]c(=O)c1n2C.Cc1nc2c(s1)c1cnn(Cc3cccc(N)c3)c(=O)c1n2C.Cc1nc2c(s1)c1cnn(Cc3cccc(NC(N)=O)c3)c(=O)c1n2C.Cc1nc2c(s1)c1cnn(Cc3cccc([N+](=O)[O-])c3)c(=O)c1n2C.N#C[O-].O=[N+]([O-])c1cccc(CBr)c1.[K+]. The van der Waals surface area contributed by atoms with Crippen LogP contribution in [0.3, 0.4) is 0 Å².